The van der Waals surface area contributed by atoms with Crippen LogP contribution in [-0.2, 0) is 0 Å². The Morgan fingerprint density at radius 1 is 1.00 bits per heavy atom. The number of hydrogen-bond donors (Lipinski definition) is 1. The van der Waals surface area contributed by atoms with E-state index in [0.29, 0.717) is 17.0 Å². The summed E-state index contributed by atoms with van der Waals surface area (Å²) in [4.78, 5) is 10.3. The first-order chi connectivity index (χ1) is 12.5. The molecule has 0 saturated carbocycles. The SMILES string of the molecule is Cc1cccc(SNc2nc(Cl)c(C)c(-c3ccccc3C(C)C)n2)c1. The summed E-state index contributed by atoms with van der Waals surface area (Å²) in [5, 5.41) is 0.473. The van der Waals surface area contributed by atoms with E-state index < -0.39 is 0 Å². The molecule has 1 aromatic heterocycles. The number of hydrogen-bond acceptors (Lipinski definition) is 4. The molecule has 1 heterocycles. The lowest BCUT2D eigenvalue weighted by Crippen LogP contribution is -2.02. The second-order valence-corrected chi connectivity index (χ2v) is 7.81. The fraction of sp³-hybridized carbons (Fsp3) is 0.238. The van der Waals surface area contributed by atoms with E-state index in [-0.39, 0.29) is 0 Å². The molecule has 0 atom stereocenters. The third-order valence-electron chi connectivity index (χ3n) is 4.17. The molecule has 2 aromatic carbocycles. The Hall–Kier alpha value is -2.04. The lowest BCUT2D eigenvalue weighted by atomic mass is 9.94. The molecule has 0 saturated heterocycles. The Labute approximate surface area is 164 Å². The van der Waals surface area contributed by atoms with Gasteiger partial charge in [0.1, 0.15) is 5.15 Å². The van der Waals surface area contributed by atoms with E-state index in [9.17, 15) is 0 Å². The number of nitrogens with zero attached hydrogens (tertiary/aromatic N) is 2. The second kappa shape index (κ2) is 8.11. The van der Waals surface area contributed by atoms with Crippen LogP contribution in [0.15, 0.2) is 53.4 Å². The lowest BCUT2D eigenvalue weighted by molar-refractivity contribution is 0.867. The molecule has 0 amide bonds. The molecule has 3 rings (SSSR count). The van der Waals surface area contributed by atoms with Gasteiger partial charge in [-0.15, -0.1) is 0 Å². The van der Waals surface area contributed by atoms with Gasteiger partial charge in [0.15, 0.2) is 0 Å². The van der Waals surface area contributed by atoms with Crippen molar-refractivity contribution >= 4 is 29.5 Å². The van der Waals surface area contributed by atoms with Crippen molar-refractivity contribution in [1.82, 2.24) is 9.97 Å². The van der Waals surface area contributed by atoms with Gasteiger partial charge in [-0.2, -0.15) is 0 Å². The fourth-order valence-electron chi connectivity index (χ4n) is 2.80. The Morgan fingerprint density at radius 2 is 1.77 bits per heavy atom. The number of aryl methyl sites for hydroxylation is 1. The second-order valence-electron chi connectivity index (χ2n) is 6.57. The van der Waals surface area contributed by atoms with Crippen LogP contribution in [0.3, 0.4) is 0 Å². The van der Waals surface area contributed by atoms with Crippen LogP contribution in [0.25, 0.3) is 11.3 Å². The summed E-state index contributed by atoms with van der Waals surface area (Å²) < 4.78 is 3.23. The summed E-state index contributed by atoms with van der Waals surface area (Å²) >= 11 is 7.89. The number of rotatable bonds is 5. The van der Waals surface area contributed by atoms with Crippen LogP contribution in [0.5, 0.6) is 0 Å². The molecular formula is C21H22ClN3S. The highest BCUT2D eigenvalue weighted by Gasteiger charge is 2.15. The highest BCUT2D eigenvalue weighted by Crippen LogP contribution is 2.33. The molecule has 134 valence electrons. The topological polar surface area (TPSA) is 37.8 Å². The molecule has 3 nitrogen and oxygen atoms in total. The Kier molecular flexibility index (Phi) is 5.84. The van der Waals surface area contributed by atoms with Crippen LogP contribution >= 0.6 is 23.5 Å². The summed E-state index contributed by atoms with van der Waals surface area (Å²) in [6, 6.07) is 16.6. The van der Waals surface area contributed by atoms with Crippen molar-refractivity contribution in [3.8, 4) is 11.3 Å². The highest BCUT2D eigenvalue weighted by atomic mass is 35.5. The minimum atomic E-state index is 0.400. The largest absolute Gasteiger partial charge is 0.294 e. The van der Waals surface area contributed by atoms with E-state index in [1.807, 2.05) is 19.1 Å². The smallest absolute Gasteiger partial charge is 0.235 e. The average molecular weight is 384 g/mol. The predicted octanol–water partition coefficient (Wildman–Crippen LogP) is 6.66. The third-order valence-corrected chi connectivity index (χ3v) is 5.32. The van der Waals surface area contributed by atoms with Crippen molar-refractivity contribution < 1.29 is 0 Å². The zero-order valence-corrected chi connectivity index (χ0v) is 16.9. The lowest BCUT2D eigenvalue weighted by Gasteiger charge is -2.15. The molecule has 0 aliphatic rings. The first-order valence-electron chi connectivity index (χ1n) is 8.58. The van der Waals surface area contributed by atoms with Gasteiger partial charge in [-0.25, -0.2) is 9.97 Å². The molecule has 1 N–H and O–H groups in total. The number of benzene rings is 2. The Balaban J connectivity index is 1.95. The third kappa shape index (κ3) is 4.19. The molecule has 0 aliphatic heterocycles. The van der Waals surface area contributed by atoms with Gasteiger partial charge in [0, 0.05) is 16.0 Å². The van der Waals surface area contributed by atoms with E-state index in [0.717, 1.165) is 21.7 Å². The van der Waals surface area contributed by atoms with Crippen molar-refractivity contribution in [2.75, 3.05) is 4.72 Å². The van der Waals surface area contributed by atoms with Gasteiger partial charge in [0.25, 0.3) is 0 Å². The van der Waals surface area contributed by atoms with Gasteiger partial charge in [-0.1, -0.05) is 61.8 Å². The first kappa shape index (κ1) is 18.7. The molecule has 5 heteroatoms. The molecule has 0 fully saturated rings. The number of anilines is 1. The summed E-state index contributed by atoms with van der Waals surface area (Å²) in [5.74, 6) is 0.915. The summed E-state index contributed by atoms with van der Waals surface area (Å²) in [6.07, 6.45) is 0. The summed E-state index contributed by atoms with van der Waals surface area (Å²) in [7, 11) is 0. The molecular weight excluding hydrogens is 362 g/mol. The maximum absolute atomic E-state index is 6.41. The minimum absolute atomic E-state index is 0.400. The molecule has 3 aromatic rings. The van der Waals surface area contributed by atoms with Crippen molar-refractivity contribution in [3.63, 3.8) is 0 Å². The van der Waals surface area contributed by atoms with Crippen molar-refractivity contribution in [3.05, 3.63) is 70.4 Å². The normalized spacial score (nSPS) is 11.0. The van der Waals surface area contributed by atoms with Crippen LogP contribution in [0, 0.1) is 13.8 Å². The predicted molar refractivity (Wildman–Crippen MR) is 112 cm³/mol. The summed E-state index contributed by atoms with van der Waals surface area (Å²) in [5.41, 5.74) is 5.34. The van der Waals surface area contributed by atoms with Gasteiger partial charge in [-0.05, 0) is 55.0 Å². The van der Waals surface area contributed by atoms with Gasteiger partial charge in [0.05, 0.1) is 5.69 Å². The van der Waals surface area contributed by atoms with E-state index in [1.165, 1.54) is 23.1 Å². The van der Waals surface area contributed by atoms with E-state index in [4.69, 9.17) is 16.6 Å². The van der Waals surface area contributed by atoms with Crippen LogP contribution in [0.2, 0.25) is 5.15 Å². The monoisotopic (exact) mass is 383 g/mol. The van der Waals surface area contributed by atoms with E-state index in [2.05, 4.69) is 66.9 Å². The van der Waals surface area contributed by atoms with Gasteiger partial charge < -0.3 is 0 Å². The van der Waals surface area contributed by atoms with Crippen LogP contribution in [0.1, 0.15) is 36.5 Å². The first-order valence-corrected chi connectivity index (χ1v) is 9.78. The van der Waals surface area contributed by atoms with Crippen LogP contribution < -0.4 is 4.72 Å². The number of aromatic nitrogens is 2. The molecule has 0 spiro atoms. The van der Waals surface area contributed by atoms with Crippen molar-refractivity contribution in [2.45, 2.75) is 38.5 Å². The van der Waals surface area contributed by atoms with Gasteiger partial charge >= 0.3 is 0 Å². The van der Waals surface area contributed by atoms with Crippen LogP contribution in [-0.4, -0.2) is 9.97 Å². The Bertz CT molecular complexity index is 925. The molecule has 0 unspecified atom stereocenters. The van der Waals surface area contributed by atoms with Gasteiger partial charge in [0.2, 0.25) is 5.95 Å². The van der Waals surface area contributed by atoms with Gasteiger partial charge in [-0.3, -0.25) is 4.72 Å². The molecule has 0 aliphatic carbocycles. The summed E-state index contributed by atoms with van der Waals surface area (Å²) in [6.45, 7) is 8.41. The van der Waals surface area contributed by atoms with Crippen LogP contribution in [0.4, 0.5) is 5.95 Å². The zero-order chi connectivity index (χ0) is 18.7. The molecule has 0 bridgehead atoms. The minimum Gasteiger partial charge on any atom is -0.294 e. The van der Waals surface area contributed by atoms with E-state index in [1.54, 1.807) is 0 Å². The standard InChI is InChI=1S/C21H22ClN3S/c1-13(2)17-10-5-6-11-18(17)19-15(4)20(22)24-21(23-19)25-26-16-9-7-8-14(3)12-16/h5-13H,1-4H3,(H,23,24,25). The fourth-order valence-corrected chi connectivity index (χ4v) is 3.66. The van der Waals surface area contributed by atoms with E-state index >= 15 is 0 Å². The van der Waals surface area contributed by atoms with Crippen molar-refractivity contribution in [2.24, 2.45) is 0 Å². The number of halogens is 1. The van der Waals surface area contributed by atoms with Crippen molar-refractivity contribution in [1.29, 1.82) is 0 Å². The molecule has 26 heavy (non-hydrogen) atoms. The maximum Gasteiger partial charge on any atom is 0.235 e. The quantitative estimate of drug-likeness (QED) is 0.395. The average Bonchev–Trinajstić information content (AvgIpc) is 2.62. The number of nitrogens with one attached hydrogen (secondary N) is 1. The maximum atomic E-state index is 6.41. The highest BCUT2D eigenvalue weighted by molar-refractivity contribution is 8.00. The Morgan fingerprint density at radius 3 is 2.50 bits per heavy atom. The zero-order valence-electron chi connectivity index (χ0n) is 15.4. The molecule has 0 radical (unpaired) electrons.